The Bertz CT molecular complexity index is 194. The molecule has 0 aliphatic carbocycles. The molecular formula is C10H16N2. The SMILES string of the molecule is C=CCC1=NCCCN1CC=C. The van der Waals surface area contributed by atoms with Crippen LogP contribution in [0.1, 0.15) is 12.8 Å². The molecule has 0 fully saturated rings. The molecule has 1 rings (SSSR count). The van der Waals surface area contributed by atoms with E-state index in [4.69, 9.17) is 0 Å². The van der Waals surface area contributed by atoms with Crippen molar-refractivity contribution in [2.75, 3.05) is 19.6 Å². The van der Waals surface area contributed by atoms with Gasteiger partial charge in [0, 0.05) is 26.1 Å². The van der Waals surface area contributed by atoms with Crippen molar-refractivity contribution in [2.24, 2.45) is 4.99 Å². The van der Waals surface area contributed by atoms with Crippen LogP contribution in [0.15, 0.2) is 30.3 Å². The molecule has 0 spiro atoms. The molecular weight excluding hydrogens is 148 g/mol. The highest BCUT2D eigenvalue weighted by Crippen LogP contribution is 2.05. The second kappa shape index (κ2) is 4.75. The van der Waals surface area contributed by atoms with Crippen molar-refractivity contribution in [3.8, 4) is 0 Å². The maximum absolute atomic E-state index is 4.44. The Morgan fingerprint density at radius 3 is 2.92 bits per heavy atom. The molecule has 2 heteroatoms. The lowest BCUT2D eigenvalue weighted by Crippen LogP contribution is -2.35. The average Bonchev–Trinajstić information content (AvgIpc) is 2.09. The lowest BCUT2D eigenvalue weighted by molar-refractivity contribution is 0.425. The van der Waals surface area contributed by atoms with Crippen LogP contribution in [0.5, 0.6) is 0 Å². The molecule has 0 unspecified atom stereocenters. The van der Waals surface area contributed by atoms with Gasteiger partial charge in [-0.05, 0) is 6.42 Å². The van der Waals surface area contributed by atoms with Crippen molar-refractivity contribution in [1.29, 1.82) is 0 Å². The standard InChI is InChI=1S/C10H16N2/c1-3-6-10-11-7-5-9-12(10)8-4-2/h3-4H,1-2,5-9H2. The Labute approximate surface area is 74.3 Å². The summed E-state index contributed by atoms with van der Waals surface area (Å²) >= 11 is 0. The van der Waals surface area contributed by atoms with Gasteiger partial charge in [0.05, 0.1) is 0 Å². The summed E-state index contributed by atoms with van der Waals surface area (Å²) in [5, 5.41) is 0. The molecule has 66 valence electrons. The van der Waals surface area contributed by atoms with Gasteiger partial charge in [-0.15, -0.1) is 13.2 Å². The molecule has 0 N–H and O–H groups in total. The van der Waals surface area contributed by atoms with E-state index in [9.17, 15) is 0 Å². The first-order valence-corrected chi connectivity index (χ1v) is 4.38. The highest BCUT2D eigenvalue weighted by molar-refractivity contribution is 5.84. The van der Waals surface area contributed by atoms with Gasteiger partial charge in [0.2, 0.25) is 0 Å². The number of aliphatic imine (C=N–C) groups is 1. The van der Waals surface area contributed by atoms with Crippen molar-refractivity contribution in [3.63, 3.8) is 0 Å². The summed E-state index contributed by atoms with van der Waals surface area (Å²) in [6.07, 6.45) is 5.87. The highest BCUT2D eigenvalue weighted by Gasteiger charge is 2.11. The molecule has 2 nitrogen and oxygen atoms in total. The fourth-order valence-electron chi connectivity index (χ4n) is 1.37. The molecule has 1 aliphatic rings. The van der Waals surface area contributed by atoms with Crippen molar-refractivity contribution in [3.05, 3.63) is 25.3 Å². The zero-order valence-corrected chi connectivity index (χ0v) is 7.50. The van der Waals surface area contributed by atoms with Gasteiger partial charge in [0.15, 0.2) is 0 Å². The number of rotatable bonds is 4. The third-order valence-corrected chi connectivity index (χ3v) is 1.92. The predicted octanol–water partition coefficient (Wildman–Crippen LogP) is 1.85. The quantitative estimate of drug-likeness (QED) is 0.579. The van der Waals surface area contributed by atoms with Crippen LogP contribution in [-0.2, 0) is 0 Å². The van der Waals surface area contributed by atoms with Crippen molar-refractivity contribution >= 4 is 5.84 Å². The third kappa shape index (κ3) is 2.22. The molecule has 0 aromatic rings. The lowest BCUT2D eigenvalue weighted by Gasteiger charge is -2.27. The summed E-state index contributed by atoms with van der Waals surface area (Å²) in [6, 6.07) is 0. The molecule has 0 saturated carbocycles. The van der Waals surface area contributed by atoms with Gasteiger partial charge in [-0.1, -0.05) is 12.2 Å². The first kappa shape index (κ1) is 9.04. The first-order valence-electron chi connectivity index (χ1n) is 4.38. The van der Waals surface area contributed by atoms with Gasteiger partial charge in [-0.2, -0.15) is 0 Å². The van der Waals surface area contributed by atoms with Gasteiger partial charge < -0.3 is 4.90 Å². The fraction of sp³-hybridized carbons (Fsp3) is 0.500. The van der Waals surface area contributed by atoms with Crippen LogP contribution in [0.3, 0.4) is 0 Å². The van der Waals surface area contributed by atoms with E-state index in [1.807, 2.05) is 12.2 Å². The van der Waals surface area contributed by atoms with Gasteiger partial charge in [0.25, 0.3) is 0 Å². The smallest absolute Gasteiger partial charge is 0.103 e. The van der Waals surface area contributed by atoms with Crippen LogP contribution in [0, 0.1) is 0 Å². The Balaban J connectivity index is 2.56. The first-order chi connectivity index (χ1) is 5.88. The molecule has 0 atom stereocenters. The normalized spacial score (nSPS) is 17.0. The van der Waals surface area contributed by atoms with Crippen molar-refractivity contribution in [2.45, 2.75) is 12.8 Å². The van der Waals surface area contributed by atoms with E-state index >= 15 is 0 Å². The Morgan fingerprint density at radius 1 is 1.42 bits per heavy atom. The summed E-state index contributed by atoms with van der Waals surface area (Å²) in [6.45, 7) is 10.4. The van der Waals surface area contributed by atoms with Crippen molar-refractivity contribution in [1.82, 2.24) is 4.90 Å². The molecule has 1 aliphatic heterocycles. The van der Waals surface area contributed by atoms with E-state index in [-0.39, 0.29) is 0 Å². The van der Waals surface area contributed by atoms with Crippen LogP contribution >= 0.6 is 0 Å². The second-order valence-electron chi connectivity index (χ2n) is 2.88. The Kier molecular flexibility index (Phi) is 3.58. The minimum absolute atomic E-state index is 0.883. The minimum Gasteiger partial charge on any atom is -0.356 e. The average molecular weight is 164 g/mol. The molecule has 0 radical (unpaired) electrons. The van der Waals surface area contributed by atoms with E-state index in [1.165, 1.54) is 0 Å². The van der Waals surface area contributed by atoms with Gasteiger partial charge >= 0.3 is 0 Å². The second-order valence-corrected chi connectivity index (χ2v) is 2.88. The number of hydrogen-bond acceptors (Lipinski definition) is 2. The Hall–Kier alpha value is -1.05. The van der Waals surface area contributed by atoms with E-state index < -0.39 is 0 Å². The molecule has 0 bridgehead atoms. The molecule has 12 heavy (non-hydrogen) atoms. The summed E-state index contributed by atoms with van der Waals surface area (Å²) in [5.74, 6) is 1.16. The molecule has 0 saturated heterocycles. The van der Waals surface area contributed by atoms with Crippen LogP contribution in [0.4, 0.5) is 0 Å². The van der Waals surface area contributed by atoms with Crippen LogP contribution in [0.25, 0.3) is 0 Å². The van der Waals surface area contributed by atoms with Crippen molar-refractivity contribution < 1.29 is 0 Å². The van der Waals surface area contributed by atoms with Crippen LogP contribution in [-0.4, -0.2) is 30.4 Å². The highest BCUT2D eigenvalue weighted by atomic mass is 15.2. The van der Waals surface area contributed by atoms with E-state index in [0.717, 1.165) is 38.3 Å². The fourth-order valence-corrected chi connectivity index (χ4v) is 1.37. The van der Waals surface area contributed by atoms with Gasteiger partial charge in [-0.3, -0.25) is 4.99 Å². The molecule has 1 heterocycles. The predicted molar refractivity (Wildman–Crippen MR) is 53.5 cm³/mol. The molecule has 0 amide bonds. The van der Waals surface area contributed by atoms with Crippen LogP contribution < -0.4 is 0 Å². The molecule has 0 aromatic carbocycles. The summed E-state index contributed by atoms with van der Waals surface area (Å²) in [5.41, 5.74) is 0. The van der Waals surface area contributed by atoms with Gasteiger partial charge in [-0.25, -0.2) is 0 Å². The third-order valence-electron chi connectivity index (χ3n) is 1.92. The number of nitrogens with zero attached hydrogens (tertiary/aromatic N) is 2. The monoisotopic (exact) mass is 164 g/mol. The number of amidine groups is 1. The van der Waals surface area contributed by atoms with E-state index in [2.05, 4.69) is 23.1 Å². The maximum atomic E-state index is 4.44. The maximum Gasteiger partial charge on any atom is 0.103 e. The van der Waals surface area contributed by atoms with Crippen LogP contribution in [0.2, 0.25) is 0 Å². The minimum atomic E-state index is 0.883. The summed E-state index contributed by atoms with van der Waals surface area (Å²) < 4.78 is 0. The molecule has 0 aromatic heterocycles. The zero-order valence-electron chi connectivity index (χ0n) is 7.50. The zero-order chi connectivity index (χ0) is 8.81. The van der Waals surface area contributed by atoms with E-state index in [1.54, 1.807) is 0 Å². The summed E-state index contributed by atoms with van der Waals surface area (Å²) in [4.78, 5) is 6.70. The largest absolute Gasteiger partial charge is 0.356 e. The van der Waals surface area contributed by atoms with Gasteiger partial charge in [0.1, 0.15) is 5.84 Å². The Morgan fingerprint density at radius 2 is 2.25 bits per heavy atom. The lowest BCUT2D eigenvalue weighted by atomic mass is 10.2. The topological polar surface area (TPSA) is 15.6 Å². The van der Waals surface area contributed by atoms with E-state index in [0.29, 0.717) is 0 Å². The summed E-state index contributed by atoms with van der Waals surface area (Å²) in [7, 11) is 0. The number of hydrogen-bond donors (Lipinski definition) is 0.